The fourth-order valence-electron chi connectivity index (χ4n) is 1.84. The van der Waals surface area contributed by atoms with E-state index >= 15 is 0 Å². The Hall–Kier alpha value is -0.120. The molecule has 0 amide bonds. The number of nitrogens with zero attached hydrogens (tertiary/aromatic N) is 1. The van der Waals surface area contributed by atoms with Crippen molar-refractivity contribution in [3.8, 4) is 0 Å². The lowest BCUT2D eigenvalue weighted by Gasteiger charge is -2.35. The molecule has 2 unspecified atom stereocenters. The van der Waals surface area contributed by atoms with E-state index in [-0.39, 0.29) is 0 Å². The van der Waals surface area contributed by atoms with Crippen molar-refractivity contribution in [2.45, 2.75) is 31.8 Å². The van der Waals surface area contributed by atoms with Gasteiger partial charge in [-0.1, -0.05) is 0 Å². The van der Waals surface area contributed by atoms with E-state index in [2.05, 4.69) is 24.2 Å². The highest BCUT2D eigenvalue weighted by Crippen LogP contribution is 2.14. The highest BCUT2D eigenvalue weighted by Gasteiger charge is 2.21. The molecule has 0 aliphatic carbocycles. The third kappa shape index (κ3) is 3.63. The van der Waals surface area contributed by atoms with Crippen molar-refractivity contribution in [1.82, 2.24) is 10.2 Å². The monoisotopic (exact) mass is 186 g/mol. The van der Waals surface area contributed by atoms with Crippen LogP contribution < -0.4 is 5.32 Å². The van der Waals surface area contributed by atoms with Gasteiger partial charge in [-0.2, -0.15) is 0 Å². The van der Waals surface area contributed by atoms with Crippen LogP contribution in [-0.2, 0) is 4.74 Å². The van der Waals surface area contributed by atoms with Gasteiger partial charge in [0.15, 0.2) is 0 Å². The lowest BCUT2D eigenvalue weighted by Crippen LogP contribution is -2.46. The molecule has 0 bridgehead atoms. The largest absolute Gasteiger partial charge is 0.383 e. The molecule has 3 nitrogen and oxygen atoms in total. The van der Waals surface area contributed by atoms with Crippen molar-refractivity contribution in [3.63, 3.8) is 0 Å². The number of methoxy groups -OCH3 is 1. The van der Waals surface area contributed by atoms with Gasteiger partial charge in [-0.3, -0.25) is 0 Å². The fourth-order valence-corrected chi connectivity index (χ4v) is 1.84. The first-order chi connectivity index (χ1) is 6.24. The summed E-state index contributed by atoms with van der Waals surface area (Å²) in [5, 5.41) is 3.52. The predicted molar refractivity (Wildman–Crippen MR) is 55.0 cm³/mol. The molecule has 0 saturated carbocycles. The topological polar surface area (TPSA) is 24.5 Å². The van der Waals surface area contributed by atoms with E-state index < -0.39 is 0 Å². The van der Waals surface area contributed by atoms with E-state index in [1.807, 2.05) is 0 Å². The summed E-state index contributed by atoms with van der Waals surface area (Å²) in [6.45, 7) is 5.31. The van der Waals surface area contributed by atoms with Gasteiger partial charge in [-0.05, 0) is 33.4 Å². The predicted octanol–water partition coefficient (Wildman–Crippen LogP) is 0.705. The molecule has 0 aromatic rings. The molecule has 3 heteroatoms. The van der Waals surface area contributed by atoms with Gasteiger partial charge in [-0.25, -0.2) is 0 Å². The zero-order valence-electron chi connectivity index (χ0n) is 9.05. The van der Waals surface area contributed by atoms with Gasteiger partial charge in [0.1, 0.15) is 0 Å². The minimum atomic E-state index is 0.696. The van der Waals surface area contributed by atoms with Crippen molar-refractivity contribution in [2.75, 3.05) is 33.9 Å². The van der Waals surface area contributed by atoms with Gasteiger partial charge in [0, 0.05) is 25.7 Å². The molecular formula is C10H22N2O. The van der Waals surface area contributed by atoms with Crippen molar-refractivity contribution >= 4 is 0 Å². The molecule has 1 N–H and O–H groups in total. The number of piperidine rings is 1. The quantitative estimate of drug-likeness (QED) is 0.654. The van der Waals surface area contributed by atoms with Crippen LogP contribution in [0.15, 0.2) is 0 Å². The van der Waals surface area contributed by atoms with Crippen molar-refractivity contribution in [2.24, 2.45) is 0 Å². The van der Waals surface area contributed by atoms with Crippen LogP contribution in [0.5, 0.6) is 0 Å². The Kier molecular flexibility index (Phi) is 4.70. The normalized spacial score (nSPS) is 30.7. The van der Waals surface area contributed by atoms with Crippen LogP contribution in [0.4, 0.5) is 0 Å². The molecule has 0 aromatic carbocycles. The van der Waals surface area contributed by atoms with E-state index in [1.165, 1.54) is 19.4 Å². The smallest absolute Gasteiger partial charge is 0.0587 e. The van der Waals surface area contributed by atoms with Crippen molar-refractivity contribution in [3.05, 3.63) is 0 Å². The van der Waals surface area contributed by atoms with E-state index in [0.717, 1.165) is 13.2 Å². The van der Waals surface area contributed by atoms with E-state index in [0.29, 0.717) is 12.1 Å². The molecule has 0 aromatic heterocycles. The maximum atomic E-state index is 5.01. The van der Waals surface area contributed by atoms with E-state index in [4.69, 9.17) is 4.74 Å². The van der Waals surface area contributed by atoms with Gasteiger partial charge >= 0.3 is 0 Å². The highest BCUT2D eigenvalue weighted by molar-refractivity contribution is 4.80. The lowest BCUT2D eigenvalue weighted by atomic mass is 9.99. The number of ether oxygens (including phenoxy) is 1. The Morgan fingerprint density at radius 2 is 2.31 bits per heavy atom. The minimum absolute atomic E-state index is 0.696. The third-order valence-corrected chi connectivity index (χ3v) is 2.95. The van der Waals surface area contributed by atoms with Crippen LogP contribution >= 0.6 is 0 Å². The average Bonchev–Trinajstić information content (AvgIpc) is 2.12. The molecule has 1 aliphatic rings. The van der Waals surface area contributed by atoms with Gasteiger partial charge in [0.2, 0.25) is 0 Å². The van der Waals surface area contributed by atoms with Crippen molar-refractivity contribution in [1.29, 1.82) is 0 Å². The first kappa shape index (κ1) is 11.0. The second kappa shape index (κ2) is 5.58. The number of rotatable bonds is 4. The molecule has 13 heavy (non-hydrogen) atoms. The summed E-state index contributed by atoms with van der Waals surface area (Å²) < 4.78 is 5.01. The van der Waals surface area contributed by atoms with Crippen LogP contribution in [0.3, 0.4) is 0 Å². The average molecular weight is 186 g/mol. The fraction of sp³-hybridized carbons (Fsp3) is 1.00. The molecule has 1 fully saturated rings. The van der Waals surface area contributed by atoms with Crippen LogP contribution in [0, 0.1) is 0 Å². The standard InChI is InChI=1S/C10H22N2O/c1-9-8-10(4-6-12(9)2)11-5-7-13-3/h9-11H,4-8H2,1-3H3. The minimum Gasteiger partial charge on any atom is -0.383 e. The number of likely N-dealkylation sites (tertiary alicyclic amines) is 1. The summed E-state index contributed by atoms with van der Waals surface area (Å²) in [6, 6.07) is 1.41. The summed E-state index contributed by atoms with van der Waals surface area (Å²) in [4.78, 5) is 2.43. The molecule has 1 heterocycles. The third-order valence-electron chi connectivity index (χ3n) is 2.95. The van der Waals surface area contributed by atoms with Gasteiger partial charge < -0.3 is 15.0 Å². The van der Waals surface area contributed by atoms with Crippen LogP contribution in [0.25, 0.3) is 0 Å². The lowest BCUT2D eigenvalue weighted by molar-refractivity contribution is 0.154. The Morgan fingerprint density at radius 3 is 2.92 bits per heavy atom. The van der Waals surface area contributed by atoms with Gasteiger partial charge in [-0.15, -0.1) is 0 Å². The Balaban J connectivity index is 2.14. The van der Waals surface area contributed by atoms with Gasteiger partial charge in [0.05, 0.1) is 6.61 Å². The maximum Gasteiger partial charge on any atom is 0.0587 e. The number of hydrogen-bond acceptors (Lipinski definition) is 3. The zero-order chi connectivity index (χ0) is 9.68. The van der Waals surface area contributed by atoms with Crippen LogP contribution in [-0.4, -0.2) is 50.8 Å². The second-order valence-electron chi connectivity index (χ2n) is 4.00. The SMILES string of the molecule is COCCNC1CCN(C)C(C)C1. The summed E-state index contributed by atoms with van der Waals surface area (Å²) in [5.74, 6) is 0. The molecule has 1 aliphatic heterocycles. The zero-order valence-corrected chi connectivity index (χ0v) is 9.05. The van der Waals surface area contributed by atoms with E-state index in [9.17, 15) is 0 Å². The molecule has 2 atom stereocenters. The van der Waals surface area contributed by atoms with Crippen LogP contribution in [0.2, 0.25) is 0 Å². The summed E-state index contributed by atoms with van der Waals surface area (Å²) in [6.07, 6.45) is 2.53. The molecule has 0 spiro atoms. The Bertz CT molecular complexity index is 141. The molecule has 78 valence electrons. The number of nitrogens with one attached hydrogen (secondary N) is 1. The Labute approximate surface area is 81.4 Å². The molecule has 0 radical (unpaired) electrons. The van der Waals surface area contributed by atoms with Crippen molar-refractivity contribution < 1.29 is 4.74 Å². The second-order valence-corrected chi connectivity index (χ2v) is 4.00. The highest BCUT2D eigenvalue weighted by atomic mass is 16.5. The maximum absolute atomic E-state index is 5.01. The van der Waals surface area contributed by atoms with E-state index in [1.54, 1.807) is 7.11 Å². The summed E-state index contributed by atoms with van der Waals surface area (Å²) in [7, 11) is 3.95. The molecule has 1 rings (SSSR count). The Morgan fingerprint density at radius 1 is 1.54 bits per heavy atom. The first-order valence-corrected chi connectivity index (χ1v) is 5.16. The number of hydrogen-bond donors (Lipinski definition) is 1. The molecule has 1 saturated heterocycles. The first-order valence-electron chi connectivity index (χ1n) is 5.16. The summed E-state index contributed by atoms with van der Waals surface area (Å²) >= 11 is 0. The molecular weight excluding hydrogens is 164 g/mol. The summed E-state index contributed by atoms with van der Waals surface area (Å²) in [5.41, 5.74) is 0. The van der Waals surface area contributed by atoms with Crippen LogP contribution in [0.1, 0.15) is 19.8 Å². The van der Waals surface area contributed by atoms with Gasteiger partial charge in [0.25, 0.3) is 0 Å².